The largest absolute Gasteiger partial charge is 0.313 e. The Kier molecular flexibility index (Phi) is 5.48. The van der Waals surface area contributed by atoms with Gasteiger partial charge in [0.25, 0.3) is 0 Å². The van der Waals surface area contributed by atoms with Gasteiger partial charge in [-0.2, -0.15) is 5.11 Å². The van der Waals surface area contributed by atoms with E-state index in [0.29, 0.717) is 6.42 Å². The molecule has 0 bridgehead atoms. The molecule has 3 nitrogen and oxygen atoms in total. The Bertz CT molecular complexity index is 379. The van der Waals surface area contributed by atoms with Gasteiger partial charge in [0.15, 0.2) is 0 Å². The molecule has 1 rings (SSSR count). The molecule has 0 heterocycles. The molecule has 82 valence electrons. The quantitative estimate of drug-likeness (QED) is 0.411. The summed E-state index contributed by atoms with van der Waals surface area (Å²) in [6.07, 6.45) is 9.34. The van der Waals surface area contributed by atoms with Crippen LogP contribution in [0, 0.1) is 10.9 Å². The van der Waals surface area contributed by atoms with Crippen LogP contribution in [0.15, 0.2) is 53.7 Å². The highest BCUT2D eigenvalue weighted by molar-refractivity contribution is 5.55. The van der Waals surface area contributed by atoms with E-state index in [0.717, 1.165) is 5.56 Å². The summed E-state index contributed by atoms with van der Waals surface area (Å²) in [5, 5.41) is 10.3. The van der Waals surface area contributed by atoms with Crippen LogP contribution >= 0.6 is 0 Å². The number of hydrogen-bond acceptors (Lipinski definition) is 3. The molecule has 0 aliphatic heterocycles. The normalized spacial score (nSPS) is 13.0. The van der Waals surface area contributed by atoms with E-state index in [1.807, 2.05) is 54.6 Å². The van der Waals surface area contributed by atoms with Crippen LogP contribution in [0.2, 0.25) is 0 Å². The fourth-order valence-corrected chi connectivity index (χ4v) is 1.22. The summed E-state index contributed by atoms with van der Waals surface area (Å²) in [6, 6.07) is 9.79. The Morgan fingerprint density at radius 2 is 1.94 bits per heavy atom. The minimum absolute atomic E-state index is 0.210. The molecule has 1 atom stereocenters. The molecule has 0 radical (unpaired) electrons. The van der Waals surface area contributed by atoms with Gasteiger partial charge in [0, 0.05) is 6.42 Å². The minimum atomic E-state index is -0.210. The van der Waals surface area contributed by atoms with Gasteiger partial charge in [0.1, 0.15) is 0 Å². The van der Waals surface area contributed by atoms with E-state index in [2.05, 4.69) is 5.11 Å². The van der Waals surface area contributed by atoms with Gasteiger partial charge >= 0.3 is 0 Å². The first-order chi connectivity index (χ1) is 7.86. The van der Waals surface area contributed by atoms with Crippen LogP contribution in [-0.4, -0.2) is 12.3 Å². The number of hydrogen-bond donors (Lipinski definition) is 2. The van der Waals surface area contributed by atoms with Crippen LogP contribution in [0.4, 0.5) is 0 Å². The maximum atomic E-state index is 6.93. The van der Waals surface area contributed by atoms with Crippen molar-refractivity contribution in [2.45, 2.75) is 12.5 Å². The predicted molar refractivity (Wildman–Crippen MR) is 67.0 cm³/mol. The second kappa shape index (κ2) is 7.29. The van der Waals surface area contributed by atoms with Crippen molar-refractivity contribution >= 4 is 12.3 Å². The fraction of sp³-hybridized carbons (Fsp3) is 0.154. The van der Waals surface area contributed by atoms with Gasteiger partial charge in [-0.15, -0.1) is 0 Å². The van der Waals surface area contributed by atoms with Crippen molar-refractivity contribution in [2.24, 2.45) is 5.11 Å². The average Bonchev–Trinajstić information content (AvgIpc) is 2.34. The molecule has 1 unspecified atom stereocenters. The summed E-state index contributed by atoms with van der Waals surface area (Å²) < 4.78 is 0. The standard InChI is InChI=1S/C13H15N3/c14-11-10-13(16-15)9-5-4-8-12-6-2-1-3-7-12/h1-9,11,13-15H,10H2/b8-4+,9-5-,14-11?,16-15?. The van der Waals surface area contributed by atoms with E-state index >= 15 is 0 Å². The van der Waals surface area contributed by atoms with Gasteiger partial charge < -0.3 is 5.41 Å². The second-order valence-corrected chi connectivity index (χ2v) is 3.29. The lowest BCUT2D eigenvalue weighted by Crippen LogP contribution is -1.98. The van der Waals surface area contributed by atoms with Gasteiger partial charge in [-0.25, -0.2) is 5.53 Å². The molecule has 3 heteroatoms. The molecule has 0 fully saturated rings. The number of allylic oxidation sites excluding steroid dienone is 2. The number of nitrogens with one attached hydrogen (secondary N) is 2. The van der Waals surface area contributed by atoms with Gasteiger partial charge in [-0.05, 0) is 11.8 Å². The molecule has 0 spiro atoms. The Hall–Kier alpha value is -2.03. The van der Waals surface area contributed by atoms with Gasteiger partial charge in [-0.3, -0.25) is 0 Å². The zero-order valence-corrected chi connectivity index (χ0v) is 9.01. The topological polar surface area (TPSA) is 60.1 Å². The molecule has 1 aromatic rings. The summed E-state index contributed by atoms with van der Waals surface area (Å²) in [5.74, 6) is 0. The zero-order chi connectivity index (χ0) is 11.6. The van der Waals surface area contributed by atoms with Crippen molar-refractivity contribution in [2.75, 3.05) is 0 Å². The van der Waals surface area contributed by atoms with Crippen LogP contribution < -0.4 is 0 Å². The van der Waals surface area contributed by atoms with Crippen molar-refractivity contribution in [3.8, 4) is 0 Å². The predicted octanol–water partition coefficient (Wildman–Crippen LogP) is 3.70. The van der Waals surface area contributed by atoms with E-state index < -0.39 is 0 Å². The first kappa shape index (κ1) is 12.0. The maximum absolute atomic E-state index is 6.93. The molecule has 0 saturated carbocycles. The van der Waals surface area contributed by atoms with Crippen LogP contribution in [0.3, 0.4) is 0 Å². The number of nitrogens with zero attached hydrogens (tertiary/aromatic N) is 1. The zero-order valence-electron chi connectivity index (χ0n) is 9.01. The average molecular weight is 213 g/mol. The monoisotopic (exact) mass is 213 g/mol. The van der Waals surface area contributed by atoms with Gasteiger partial charge in [-0.1, -0.05) is 54.6 Å². The van der Waals surface area contributed by atoms with Crippen LogP contribution in [-0.2, 0) is 0 Å². The first-order valence-corrected chi connectivity index (χ1v) is 5.12. The molecule has 1 aromatic carbocycles. The molecule has 0 aromatic heterocycles. The smallest absolute Gasteiger partial charge is 0.0938 e. The first-order valence-electron chi connectivity index (χ1n) is 5.12. The van der Waals surface area contributed by atoms with Crippen molar-refractivity contribution in [1.29, 1.82) is 10.9 Å². The number of benzene rings is 1. The Labute approximate surface area is 95.5 Å². The molecule has 0 amide bonds. The van der Waals surface area contributed by atoms with Crippen molar-refractivity contribution in [3.63, 3.8) is 0 Å². The fourth-order valence-electron chi connectivity index (χ4n) is 1.22. The van der Waals surface area contributed by atoms with Crippen molar-refractivity contribution in [3.05, 3.63) is 54.1 Å². The van der Waals surface area contributed by atoms with E-state index in [-0.39, 0.29) is 6.04 Å². The minimum Gasteiger partial charge on any atom is -0.313 e. The van der Waals surface area contributed by atoms with Gasteiger partial charge in [0.05, 0.1) is 6.04 Å². The summed E-state index contributed by atoms with van der Waals surface area (Å²) in [7, 11) is 0. The second-order valence-electron chi connectivity index (χ2n) is 3.29. The lowest BCUT2D eigenvalue weighted by atomic mass is 10.2. The molecule has 16 heavy (non-hydrogen) atoms. The summed E-state index contributed by atoms with van der Waals surface area (Å²) >= 11 is 0. The Balaban J connectivity index is 2.50. The highest BCUT2D eigenvalue weighted by atomic mass is 15.0. The molecule has 0 aliphatic rings. The van der Waals surface area contributed by atoms with E-state index in [1.165, 1.54) is 6.21 Å². The van der Waals surface area contributed by atoms with Crippen LogP contribution in [0.1, 0.15) is 12.0 Å². The molecule has 0 saturated heterocycles. The molecule has 2 N–H and O–H groups in total. The molecule has 0 aliphatic carbocycles. The highest BCUT2D eigenvalue weighted by Gasteiger charge is 1.96. The molecular weight excluding hydrogens is 198 g/mol. The lowest BCUT2D eigenvalue weighted by Gasteiger charge is -1.97. The van der Waals surface area contributed by atoms with Gasteiger partial charge in [0.2, 0.25) is 0 Å². The summed E-state index contributed by atoms with van der Waals surface area (Å²) in [6.45, 7) is 0. The van der Waals surface area contributed by atoms with E-state index in [4.69, 9.17) is 10.9 Å². The van der Waals surface area contributed by atoms with Crippen LogP contribution in [0.5, 0.6) is 0 Å². The lowest BCUT2D eigenvalue weighted by molar-refractivity contribution is 0.776. The summed E-state index contributed by atoms with van der Waals surface area (Å²) in [4.78, 5) is 0. The Morgan fingerprint density at radius 3 is 2.56 bits per heavy atom. The third kappa shape index (κ3) is 4.46. The number of rotatable bonds is 6. The van der Waals surface area contributed by atoms with Crippen molar-refractivity contribution < 1.29 is 0 Å². The Morgan fingerprint density at radius 1 is 1.19 bits per heavy atom. The highest BCUT2D eigenvalue weighted by Crippen LogP contribution is 2.02. The van der Waals surface area contributed by atoms with E-state index in [1.54, 1.807) is 0 Å². The van der Waals surface area contributed by atoms with Crippen molar-refractivity contribution in [1.82, 2.24) is 0 Å². The SMILES string of the molecule is N=CCC(/C=C\C=C\c1ccccc1)N=N. The van der Waals surface area contributed by atoms with E-state index in [9.17, 15) is 0 Å². The van der Waals surface area contributed by atoms with Crippen LogP contribution in [0.25, 0.3) is 6.08 Å². The summed E-state index contributed by atoms with van der Waals surface area (Å²) in [5.41, 5.74) is 8.05. The third-order valence-electron chi connectivity index (χ3n) is 2.06. The third-order valence-corrected chi connectivity index (χ3v) is 2.06. The molecular formula is C13H15N3. The maximum Gasteiger partial charge on any atom is 0.0938 e.